The first-order valence-electron chi connectivity index (χ1n) is 10.2. The van der Waals surface area contributed by atoms with Gasteiger partial charge in [0.25, 0.3) is 5.56 Å². The lowest BCUT2D eigenvalue weighted by atomic mass is 10.0. The molecule has 2 aromatic heterocycles. The molecule has 1 aromatic carbocycles. The van der Waals surface area contributed by atoms with E-state index in [1.807, 2.05) is 23.1 Å². The van der Waals surface area contributed by atoms with E-state index < -0.39 is 5.54 Å². The minimum absolute atomic E-state index is 0.104. The second-order valence-electron chi connectivity index (χ2n) is 8.06. The van der Waals surface area contributed by atoms with Crippen LogP contribution in [0.1, 0.15) is 19.4 Å². The largest absolute Gasteiger partial charge is 0.463 e. The predicted octanol–water partition coefficient (Wildman–Crippen LogP) is 2.58. The monoisotopic (exact) mass is 406 g/mol. The van der Waals surface area contributed by atoms with Crippen molar-refractivity contribution in [3.8, 4) is 11.5 Å². The van der Waals surface area contributed by atoms with Gasteiger partial charge in [0.15, 0.2) is 5.76 Å². The molecule has 0 radical (unpaired) electrons. The van der Waals surface area contributed by atoms with Gasteiger partial charge in [0.1, 0.15) is 11.2 Å². The molecule has 1 fully saturated rings. The molecule has 3 heterocycles. The molecule has 0 N–H and O–H groups in total. The van der Waals surface area contributed by atoms with Crippen LogP contribution in [-0.4, -0.2) is 51.7 Å². The van der Waals surface area contributed by atoms with Gasteiger partial charge in [-0.3, -0.25) is 14.5 Å². The quantitative estimate of drug-likeness (QED) is 0.651. The molecule has 4 rings (SSSR count). The molecule has 30 heavy (non-hydrogen) atoms. The van der Waals surface area contributed by atoms with Crippen LogP contribution in [0, 0.1) is 0 Å². The predicted molar refractivity (Wildman–Crippen MR) is 114 cm³/mol. The third-order valence-corrected chi connectivity index (χ3v) is 5.54. The highest BCUT2D eigenvalue weighted by molar-refractivity contribution is 5.83. The normalized spacial score (nSPS) is 15.3. The molecule has 7 heteroatoms. The molecule has 7 nitrogen and oxygen atoms in total. The van der Waals surface area contributed by atoms with Crippen LogP contribution >= 0.6 is 0 Å². The number of hydrogen-bond donors (Lipinski definition) is 0. The summed E-state index contributed by atoms with van der Waals surface area (Å²) in [6.07, 6.45) is 1.55. The molecule has 0 aliphatic carbocycles. The van der Waals surface area contributed by atoms with Gasteiger partial charge in [-0.15, -0.1) is 0 Å². The summed E-state index contributed by atoms with van der Waals surface area (Å²) in [5, 5.41) is 4.43. The van der Waals surface area contributed by atoms with E-state index in [0.29, 0.717) is 24.5 Å². The zero-order valence-electron chi connectivity index (χ0n) is 17.3. The van der Waals surface area contributed by atoms with Crippen molar-refractivity contribution >= 4 is 5.91 Å². The number of hydrogen-bond acceptors (Lipinski definition) is 5. The Labute approximate surface area is 175 Å². The Bertz CT molecular complexity index is 1050. The third kappa shape index (κ3) is 4.07. The Hall–Kier alpha value is -3.19. The van der Waals surface area contributed by atoms with Crippen LogP contribution in [0.15, 0.2) is 70.1 Å². The fourth-order valence-corrected chi connectivity index (χ4v) is 3.80. The zero-order chi connectivity index (χ0) is 21.1. The highest BCUT2D eigenvalue weighted by Crippen LogP contribution is 2.21. The molecule has 1 amide bonds. The summed E-state index contributed by atoms with van der Waals surface area (Å²) in [6.45, 7) is 7.21. The van der Waals surface area contributed by atoms with Gasteiger partial charge in [-0.1, -0.05) is 30.3 Å². The number of amides is 1. The maximum atomic E-state index is 13.3. The molecule has 0 spiro atoms. The standard InChI is InChI=1S/C23H26N4O3/c1-23(2,27-21(28)11-10-19(24-27)20-9-6-16-30-20)22(29)26-14-12-25(13-15-26)17-18-7-4-3-5-8-18/h3-11,16H,12-15,17H2,1-2H3. The van der Waals surface area contributed by atoms with Gasteiger partial charge < -0.3 is 9.32 Å². The van der Waals surface area contributed by atoms with Crippen molar-refractivity contribution in [1.29, 1.82) is 0 Å². The molecule has 0 saturated carbocycles. The summed E-state index contributed by atoms with van der Waals surface area (Å²) >= 11 is 0. The van der Waals surface area contributed by atoms with E-state index in [9.17, 15) is 9.59 Å². The second kappa shape index (κ2) is 8.28. The van der Waals surface area contributed by atoms with Crippen LogP contribution < -0.4 is 5.56 Å². The average molecular weight is 406 g/mol. The van der Waals surface area contributed by atoms with Crippen LogP contribution in [0.3, 0.4) is 0 Å². The third-order valence-electron chi connectivity index (χ3n) is 5.54. The van der Waals surface area contributed by atoms with E-state index in [1.54, 1.807) is 38.3 Å². The molecule has 1 aliphatic rings. The number of aromatic nitrogens is 2. The maximum Gasteiger partial charge on any atom is 0.267 e. The lowest BCUT2D eigenvalue weighted by Gasteiger charge is -2.38. The number of benzene rings is 1. The molecule has 0 unspecified atom stereocenters. The Kier molecular flexibility index (Phi) is 5.55. The van der Waals surface area contributed by atoms with Crippen LogP contribution in [0.25, 0.3) is 11.5 Å². The second-order valence-corrected chi connectivity index (χ2v) is 8.06. The first-order chi connectivity index (χ1) is 14.4. The molecule has 156 valence electrons. The SMILES string of the molecule is CC(C)(C(=O)N1CCN(Cc2ccccc2)CC1)n1nc(-c2ccco2)ccc1=O. The Morgan fingerprint density at radius 3 is 2.40 bits per heavy atom. The van der Waals surface area contributed by atoms with Gasteiger partial charge in [-0.25, -0.2) is 4.68 Å². The molecular weight excluding hydrogens is 380 g/mol. The van der Waals surface area contributed by atoms with Crippen LogP contribution in [-0.2, 0) is 16.9 Å². The summed E-state index contributed by atoms with van der Waals surface area (Å²) < 4.78 is 6.65. The highest BCUT2D eigenvalue weighted by Gasteiger charge is 2.37. The van der Waals surface area contributed by atoms with Crippen molar-refractivity contribution < 1.29 is 9.21 Å². The van der Waals surface area contributed by atoms with Crippen LogP contribution in [0.2, 0.25) is 0 Å². The Balaban J connectivity index is 1.47. The fraction of sp³-hybridized carbons (Fsp3) is 0.348. The van der Waals surface area contributed by atoms with Gasteiger partial charge in [-0.05, 0) is 37.6 Å². The van der Waals surface area contributed by atoms with Crippen molar-refractivity contribution in [2.45, 2.75) is 25.9 Å². The van der Waals surface area contributed by atoms with Gasteiger partial charge in [-0.2, -0.15) is 5.10 Å². The summed E-state index contributed by atoms with van der Waals surface area (Å²) in [5.41, 5.74) is 0.379. The van der Waals surface area contributed by atoms with E-state index in [2.05, 4.69) is 22.1 Å². The van der Waals surface area contributed by atoms with E-state index in [1.165, 1.54) is 16.3 Å². The van der Waals surface area contributed by atoms with E-state index >= 15 is 0 Å². The van der Waals surface area contributed by atoms with Crippen molar-refractivity contribution in [1.82, 2.24) is 19.6 Å². The van der Waals surface area contributed by atoms with E-state index in [4.69, 9.17) is 4.42 Å². The van der Waals surface area contributed by atoms with Gasteiger partial charge in [0.05, 0.1) is 6.26 Å². The van der Waals surface area contributed by atoms with Gasteiger partial charge in [0, 0.05) is 38.8 Å². The first-order valence-corrected chi connectivity index (χ1v) is 10.2. The van der Waals surface area contributed by atoms with Gasteiger partial charge >= 0.3 is 0 Å². The minimum atomic E-state index is -1.10. The number of carbonyl (C=O) groups excluding carboxylic acids is 1. The number of furan rings is 1. The molecule has 0 bridgehead atoms. The van der Waals surface area contributed by atoms with Crippen molar-refractivity contribution in [2.75, 3.05) is 26.2 Å². The average Bonchev–Trinajstić information content (AvgIpc) is 3.30. The summed E-state index contributed by atoms with van der Waals surface area (Å²) in [5.74, 6) is 0.453. The summed E-state index contributed by atoms with van der Waals surface area (Å²) in [4.78, 5) is 30.0. The minimum Gasteiger partial charge on any atom is -0.463 e. The summed E-state index contributed by atoms with van der Waals surface area (Å²) in [6, 6.07) is 16.9. The number of piperazine rings is 1. The number of carbonyl (C=O) groups is 1. The topological polar surface area (TPSA) is 71.6 Å². The van der Waals surface area contributed by atoms with E-state index in [0.717, 1.165) is 19.6 Å². The van der Waals surface area contributed by atoms with Gasteiger partial charge in [0.2, 0.25) is 5.91 Å². The summed E-state index contributed by atoms with van der Waals surface area (Å²) in [7, 11) is 0. The van der Waals surface area contributed by atoms with E-state index in [-0.39, 0.29) is 11.5 Å². The molecule has 3 aromatic rings. The Morgan fingerprint density at radius 2 is 1.73 bits per heavy atom. The van der Waals surface area contributed by atoms with Crippen LogP contribution in [0.4, 0.5) is 0 Å². The molecule has 1 saturated heterocycles. The number of nitrogens with zero attached hydrogens (tertiary/aromatic N) is 4. The molecule has 1 aliphatic heterocycles. The van der Waals surface area contributed by atoms with Crippen molar-refractivity contribution in [2.24, 2.45) is 0 Å². The maximum absolute atomic E-state index is 13.3. The molecule has 0 atom stereocenters. The Morgan fingerprint density at radius 1 is 1.00 bits per heavy atom. The van der Waals surface area contributed by atoms with Crippen molar-refractivity contribution in [3.05, 3.63) is 76.8 Å². The zero-order valence-corrected chi connectivity index (χ0v) is 17.3. The smallest absolute Gasteiger partial charge is 0.267 e. The highest BCUT2D eigenvalue weighted by atomic mass is 16.3. The first kappa shape index (κ1) is 20.1. The van der Waals surface area contributed by atoms with Crippen LogP contribution in [0.5, 0.6) is 0 Å². The number of rotatable bonds is 5. The molecular formula is C23H26N4O3. The fourth-order valence-electron chi connectivity index (χ4n) is 3.80. The lowest BCUT2D eigenvalue weighted by molar-refractivity contribution is -0.141. The van der Waals surface area contributed by atoms with Crippen molar-refractivity contribution in [3.63, 3.8) is 0 Å². The lowest BCUT2D eigenvalue weighted by Crippen LogP contribution is -2.56.